The Kier molecular flexibility index (Phi) is 8.16. The van der Waals surface area contributed by atoms with Gasteiger partial charge in [-0.1, -0.05) is 51.2 Å². The summed E-state index contributed by atoms with van der Waals surface area (Å²) in [6.45, 7) is 2.25. The molecule has 1 rings (SSSR count). The third-order valence-corrected chi connectivity index (χ3v) is 3.94. The van der Waals surface area contributed by atoms with Crippen molar-refractivity contribution in [2.24, 2.45) is 0 Å². The van der Waals surface area contributed by atoms with Crippen molar-refractivity contribution in [3.8, 4) is 0 Å². The highest BCUT2D eigenvalue weighted by atomic mass is 32.2. The molecule has 17 heavy (non-hydrogen) atoms. The largest absolute Gasteiger partial charge is 0.207 e. The Morgan fingerprint density at radius 1 is 0.941 bits per heavy atom. The van der Waals surface area contributed by atoms with E-state index in [0.717, 1.165) is 5.75 Å². The molecule has 0 unspecified atom stereocenters. The molecular weight excluding hydrogens is 231 g/mol. The van der Waals surface area contributed by atoms with E-state index < -0.39 is 0 Å². The lowest BCUT2D eigenvalue weighted by Gasteiger charge is -2.02. The van der Waals surface area contributed by atoms with Crippen molar-refractivity contribution in [2.75, 3.05) is 5.75 Å². The molecule has 0 fully saturated rings. The van der Waals surface area contributed by atoms with Crippen LogP contribution in [0.4, 0.5) is 4.39 Å². The van der Waals surface area contributed by atoms with Crippen LogP contribution < -0.4 is 0 Å². The van der Waals surface area contributed by atoms with Crippen LogP contribution in [0.15, 0.2) is 24.3 Å². The molecule has 0 atom stereocenters. The molecule has 0 aliphatic rings. The molecule has 0 aliphatic heterocycles. The van der Waals surface area contributed by atoms with Crippen molar-refractivity contribution in [3.63, 3.8) is 0 Å². The minimum atomic E-state index is -0.144. The van der Waals surface area contributed by atoms with Gasteiger partial charge in [-0.05, 0) is 29.9 Å². The summed E-state index contributed by atoms with van der Waals surface area (Å²) >= 11 is 1.95. The van der Waals surface area contributed by atoms with Crippen LogP contribution in [0.5, 0.6) is 0 Å². The van der Waals surface area contributed by atoms with Gasteiger partial charge in [0.2, 0.25) is 0 Å². The molecule has 1 aromatic rings. The van der Waals surface area contributed by atoms with Gasteiger partial charge in [0.15, 0.2) is 0 Å². The van der Waals surface area contributed by atoms with E-state index in [4.69, 9.17) is 0 Å². The van der Waals surface area contributed by atoms with Gasteiger partial charge in [0, 0.05) is 5.75 Å². The lowest BCUT2D eigenvalue weighted by Crippen LogP contribution is -1.85. The normalized spacial score (nSPS) is 10.7. The van der Waals surface area contributed by atoms with Crippen molar-refractivity contribution in [2.45, 2.75) is 51.2 Å². The molecule has 1 aromatic carbocycles. The van der Waals surface area contributed by atoms with Crippen LogP contribution in [0, 0.1) is 5.82 Å². The quantitative estimate of drug-likeness (QED) is 0.530. The smallest absolute Gasteiger partial charge is 0.123 e. The Morgan fingerprint density at radius 2 is 1.59 bits per heavy atom. The van der Waals surface area contributed by atoms with E-state index in [0.29, 0.717) is 0 Å². The summed E-state index contributed by atoms with van der Waals surface area (Å²) in [4.78, 5) is 0. The first-order chi connectivity index (χ1) is 8.33. The van der Waals surface area contributed by atoms with E-state index in [1.807, 2.05) is 23.9 Å². The summed E-state index contributed by atoms with van der Waals surface area (Å²) in [5, 5.41) is 0. The highest BCUT2D eigenvalue weighted by Crippen LogP contribution is 2.15. The Bertz CT molecular complexity index is 281. The van der Waals surface area contributed by atoms with Gasteiger partial charge < -0.3 is 0 Å². The third kappa shape index (κ3) is 7.43. The van der Waals surface area contributed by atoms with Gasteiger partial charge in [0.05, 0.1) is 0 Å². The number of rotatable bonds is 9. The molecule has 0 saturated heterocycles. The third-order valence-electron chi connectivity index (χ3n) is 2.82. The maximum atomic E-state index is 12.7. The number of hydrogen-bond acceptors (Lipinski definition) is 1. The van der Waals surface area contributed by atoms with E-state index in [1.165, 1.54) is 49.8 Å². The second-order valence-electron chi connectivity index (χ2n) is 4.45. The monoisotopic (exact) mass is 254 g/mol. The SMILES string of the molecule is CCCCCCCCSCc1ccc(F)cc1. The summed E-state index contributed by atoms with van der Waals surface area (Å²) in [6.07, 6.45) is 8.14. The number of unbranched alkanes of at least 4 members (excludes halogenated alkanes) is 5. The zero-order chi connectivity index (χ0) is 12.3. The molecule has 2 heteroatoms. The number of hydrogen-bond donors (Lipinski definition) is 0. The summed E-state index contributed by atoms with van der Waals surface area (Å²) in [7, 11) is 0. The van der Waals surface area contributed by atoms with Gasteiger partial charge in [-0.3, -0.25) is 0 Å². The van der Waals surface area contributed by atoms with Crippen molar-refractivity contribution in [1.29, 1.82) is 0 Å². The molecule has 0 aromatic heterocycles. The van der Waals surface area contributed by atoms with E-state index in [9.17, 15) is 4.39 Å². The molecule has 0 radical (unpaired) electrons. The zero-order valence-corrected chi connectivity index (χ0v) is 11.6. The number of halogens is 1. The molecular formula is C15H23FS. The highest BCUT2D eigenvalue weighted by molar-refractivity contribution is 7.98. The standard InChI is InChI=1S/C15H23FS/c1-2-3-4-5-6-7-12-17-13-14-8-10-15(16)11-9-14/h8-11H,2-7,12-13H2,1H3. The predicted octanol–water partition coefficient (Wildman–Crippen LogP) is 5.42. The predicted molar refractivity (Wildman–Crippen MR) is 75.9 cm³/mol. The fourth-order valence-electron chi connectivity index (χ4n) is 1.76. The van der Waals surface area contributed by atoms with Crippen LogP contribution in [0.25, 0.3) is 0 Å². The van der Waals surface area contributed by atoms with Crippen LogP contribution in [0.2, 0.25) is 0 Å². The van der Waals surface area contributed by atoms with Crippen LogP contribution in [0.3, 0.4) is 0 Å². The molecule has 0 spiro atoms. The fourth-order valence-corrected chi connectivity index (χ4v) is 2.74. The van der Waals surface area contributed by atoms with Gasteiger partial charge in [-0.15, -0.1) is 0 Å². The summed E-state index contributed by atoms with van der Waals surface area (Å²) in [5.74, 6) is 2.09. The lowest BCUT2D eigenvalue weighted by molar-refractivity contribution is 0.626. The Balaban J connectivity index is 1.95. The topological polar surface area (TPSA) is 0 Å². The fraction of sp³-hybridized carbons (Fsp3) is 0.600. The molecule has 96 valence electrons. The van der Waals surface area contributed by atoms with Crippen LogP contribution >= 0.6 is 11.8 Å². The second kappa shape index (κ2) is 9.52. The first kappa shape index (κ1) is 14.6. The average Bonchev–Trinajstić information content (AvgIpc) is 2.35. The summed E-state index contributed by atoms with van der Waals surface area (Å²) in [5.41, 5.74) is 1.22. The van der Waals surface area contributed by atoms with Crippen LogP contribution in [-0.2, 0) is 5.75 Å². The molecule has 0 saturated carbocycles. The number of thioether (sulfide) groups is 1. The van der Waals surface area contributed by atoms with Crippen LogP contribution in [0.1, 0.15) is 51.0 Å². The highest BCUT2D eigenvalue weighted by Gasteiger charge is 1.95. The minimum absolute atomic E-state index is 0.144. The number of benzene rings is 1. The summed E-state index contributed by atoms with van der Waals surface area (Å²) in [6, 6.07) is 6.84. The summed E-state index contributed by atoms with van der Waals surface area (Å²) < 4.78 is 12.7. The van der Waals surface area contributed by atoms with Crippen molar-refractivity contribution in [1.82, 2.24) is 0 Å². The molecule has 0 heterocycles. The van der Waals surface area contributed by atoms with E-state index >= 15 is 0 Å². The van der Waals surface area contributed by atoms with Gasteiger partial charge in [0.1, 0.15) is 5.82 Å². The van der Waals surface area contributed by atoms with Crippen LogP contribution in [-0.4, -0.2) is 5.75 Å². The first-order valence-electron chi connectivity index (χ1n) is 6.65. The maximum Gasteiger partial charge on any atom is 0.123 e. The Labute approximate surface area is 109 Å². The van der Waals surface area contributed by atoms with Crippen molar-refractivity contribution < 1.29 is 4.39 Å². The van der Waals surface area contributed by atoms with Gasteiger partial charge in [0.25, 0.3) is 0 Å². The Morgan fingerprint density at radius 3 is 2.29 bits per heavy atom. The molecule has 0 nitrogen and oxygen atoms in total. The van der Waals surface area contributed by atoms with Gasteiger partial charge >= 0.3 is 0 Å². The zero-order valence-electron chi connectivity index (χ0n) is 10.8. The molecule has 0 amide bonds. The van der Waals surface area contributed by atoms with E-state index in [1.54, 1.807) is 12.1 Å². The van der Waals surface area contributed by atoms with E-state index in [-0.39, 0.29) is 5.82 Å². The van der Waals surface area contributed by atoms with Crippen molar-refractivity contribution >= 4 is 11.8 Å². The van der Waals surface area contributed by atoms with E-state index in [2.05, 4.69) is 6.92 Å². The van der Waals surface area contributed by atoms with Gasteiger partial charge in [-0.2, -0.15) is 11.8 Å². The van der Waals surface area contributed by atoms with Gasteiger partial charge in [-0.25, -0.2) is 4.39 Å². The maximum absolute atomic E-state index is 12.7. The first-order valence-corrected chi connectivity index (χ1v) is 7.80. The lowest BCUT2D eigenvalue weighted by atomic mass is 10.1. The molecule has 0 bridgehead atoms. The Hall–Kier alpha value is -0.500. The average molecular weight is 254 g/mol. The minimum Gasteiger partial charge on any atom is -0.207 e. The van der Waals surface area contributed by atoms with Crippen molar-refractivity contribution in [3.05, 3.63) is 35.6 Å². The second-order valence-corrected chi connectivity index (χ2v) is 5.55. The molecule has 0 N–H and O–H groups in total. The molecule has 0 aliphatic carbocycles.